The van der Waals surface area contributed by atoms with E-state index < -0.39 is 0 Å². The van der Waals surface area contributed by atoms with Crippen LogP contribution in [0.5, 0.6) is 11.5 Å². The number of fused-ring (bicyclic) bond motifs is 2. The van der Waals surface area contributed by atoms with Crippen molar-refractivity contribution in [3.8, 4) is 11.5 Å². The van der Waals surface area contributed by atoms with Crippen molar-refractivity contribution < 1.29 is 24.2 Å². The number of nitrogens with zero attached hydrogens (tertiary/aromatic N) is 5. The van der Waals surface area contributed by atoms with Crippen LogP contribution in [0, 0.1) is 0 Å². The summed E-state index contributed by atoms with van der Waals surface area (Å²) in [6, 6.07) is 9.39. The highest BCUT2D eigenvalue weighted by molar-refractivity contribution is 5.97. The number of carboxylic acid groups (broad SMARTS) is 1. The maximum Gasteiger partial charge on any atom is 0.290 e. The van der Waals surface area contributed by atoms with Crippen molar-refractivity contribution in [3.63, 3.8) is 0 Å². The van der Waals surface area contributed by atoms with E-state index in [0.29, 0.717) is 30.0 Å². The Hall–Kier alpha value is -4.47. The normalized spacial score (nSPS) is 14.5. The Morgan fingerprint density at radius 2 is 1.89 bits per heavy atom. The SMILES string of the molecule is COc1cc2c(cc1OC)C(c1cccnc1)N(C(=O)c1cnc3cnn(C)c3c1)CC2.O=CO. The van der Waals surface area contributed by atoms with E-state index in [1.54, 1.807) is 43.7 Å². The van der Waals surface area contributed by atoms with E-state index >= 15 is 0 Å². The molecule has 180 valence electrons. The van der Waals surface area contributed by atoms with Crippen molar-refractivity contribution in [2.45, 2.75) is 12.5 Å². The molecule has 1 atom stereocenters. The first-order valence-corrected chi connectivity index (χ1v) is 10.8. The van der Waals surface area contributed by atoms with Crippen molar-refractivity contribution in [3.05, 3.63) is 77.4 Å². The Balaban J connectivity index is 0.000000917. The topological polar surface area (TPSA) is 120 Å². The van der Waals surface area contributed by atoms with Crippen LogP contribution in [-0.2, 0) is 18.3 Å². The predicted octanol–water partition coefficient (Wildman–Crippen LogP) is 2.87. The lowest BCUT2D eigenvalue weighted by Crippen LogP contribution is -2.40. The summed E-state index contributed by atoms with van der Waals surface area (Å²) in [5, 5.41) is 11.1. The summed E-state index contributed by atoms with van der Waals surface area (Å²) in [6.07, 6.45) is 7.56. The Labute approximate surface area is 201 Å². The molecule has 1 amide bonds. The molecule has 1 N–H and O–H groups in total. The van der Waals surface area contributed by atoms with Gasteiger partial charge in [0.15, 0.2) is 11.5 Å². The third-order valence-electron chi connectivity index (χ3n) is 5.98. The first-order valence-electron chi connectivity index (χ1n) is 10.8. The number of amides is 1. The molecular formula is C25H25N5O5. The smallest absolute Gasteiger partial charge is 0.290 e. The van der Waals surface area contributed by atoms with Gasteiger partial charge in [-0.1, -0.05) is 6.07 Å². The van der Waals surface area contributed by atoms with E-state index in [-0.39, 0.29) is 18.4 Å². The molecule has 0 bridgehead atoms. The Kier molecular flexibility index (Phi) is 6.91. The molecular weight excluding hydrogens is 450 g/mol. The highest BCUT2D eigenvalue weighted by Gasteiger charge is 2.34. The third-order valence-corrected chi connectivity index (χ3v) is 5.98. The molecule has 0 fully saturated rings. The lowest BCUT2D eigenvalue weighted by molar-refractivity contribution is -0.122. The van der Waals surface area contributed by atoms with Crippen LogP contribution in [0.4, 0.5) is 0 Å². The molecule has 10 nitrogen and oxygen atoms in total. The summed E-state index contributed by atoms with van der Waals surface area (Å²) in [7, 11) is 5.08. The molecule has 4 aromatic rings. The molecule has 1 aliphatic rings. The predicted molar refractivity (Wildman–Crippen MR) is 128 cm³/mol. The Bertz CT molecular complexity index is 1360. The molecule has 10 heteroatoms. The highest BCUT2D eigenvalue weighted by atomic mass is 16.5. The first-order chi connectivity index (χ1) is 17.0. The Morgan fingerprint density at radius 1 is 1.14 bits per heavy atom. The molecule has 5 rings (SSSR count). The standard InChI is InChI=1S/C24H23N5O3.CH2O2/c1-28-20-9-17(13-26-19(20)14-27-28)24(30)29-8-6-15-10-21(31-2)22(32-3)11-18(15)23(29)16-5-4-7-25-12-16;2-1-3/h4-5,7,9-14,23H,6,8H2,1-3H3;1H,(H,2,3). The third kappa shape index (κ3) is 4.50. The van der Waals surface area contributed by atoms with Gasteiger partial charge < -0.3 is 19.5 Å². The minimum atomic E-state index is -0.304. The number of carbonyl (C=O) groups is 2. The van der Waals surface area contributed by atoms with Gasteiger partial charge in [-0.25, -0.2) is 0 Å². The lowest BCUT2D eigenvalue weighted by atomic mass is 9.88. The van der Waals surface area contributed by atoms with E-state index in [4.69, 9.17) is 19.4 Å². The van der Waals surface area contributed by atoms with Gasteiger partial charge in [-0.15, -0.1) is 0 Å². The number of rotatable bonds is 4. The van der Waals surface area contributed by atoms with Crippen molar-refractivity contribution >= 4 is 23.4 Å². The van der Waals surface area contributed by atoms with Crippen LogP contribution < -0.4 is 9.47 Å². The van der Waals surface area contributed by atoms with Crippen molar-refractivity contribution in [1.82, 2.24) is 24.6 Å². The van der Waals surface area contributed by atoms with Crippen LogP contribution in [0.25, 0.3) is 11.0 Å². The van der Waals surface area contributed by atoms with Crippen LogP contribution in [0.3, 0.4) is 0 Å². The summed E-state index contributed by atoms with van der Waals surface area (Å²) >= 11 is 0. The molecule has 1 unspecified atom stereocenters. The van der Waals surface area contributed by atoms with Gasteiger partial charge in [0, 0.05) is 32.2 Å². The quantitative estimate of drug-likeness (QED) is 0.448. The lowest BCUT2D eigenvalue weighted by Gasteiger charge is -2.38. The minimum absolute atomic E-state index is 0.0881. The van der Waals surface area contributed by atoms with Crippen molar-refractivity contribution in [1.29, 1.82) is 0 Å². The zero-order valence-corrected chi connectivity index (χ0v) is 19.6. The molecule has 35 heavy (non-hydrogen) atoms. The second-order valence-electron chi connectivity index (χ2n) is 7.85. The van der Waals surface area contributed by atoms with Crippen molar-refractivity contribution in [2.75, 3.05) is 20.8 Å². The number of methoxy groups -OCH3 is 2. The average Bonchev–Trinajstić information content (AvgIpc) is 3.27. The molecule has 0 radical (unpaired) electrons. The molecule has 0 saturated heterocycles. The van der Waals surface area contributed by atoms with Crippen molar-refractivity contribution in [2.24, 2.45) is 7.05 Å². The van der Waals surface area contributed by atoms with Crippen LogP contribution in [0.2, 0.25) is 0 Å². The van der Waals surface area contributed by atoms with E-state index in [9.17, 15) is 4.79 Å². The monoisotopic (exact) mass is 475 g/mol. The van der Waals surface area contributed by atoms with E-state index in [1.165, 1.54) is 0 Å². The van der Waals surface area contributed by atoms with Crippen LogP contribution in [0.15, 0.2) is 55.1 Å². The molecule has 1 aromatic carbocycles. The fourth-order valence-electron chi connectivity index (χ4n) is 4.37. The van der Waals surface area contributed by atoms with Gasteiger partial charge in [-0.2, -0.15) is 5.10 Å². The Morgan fingerprint density at radius 3 is 2.57 bits per heavy atom. The number of ether oxygens (including phenoxy) is 2. The van der Waals surface area contributed by atoms with Crippen LogP contribution >= 0.6 is 0 Å². The number of aromatic nitrogens is 4. The number of benzene rings is 1. The summed E-state index contributed by atoms with van der Waals surface area (Å²) in [5.74, 6) is 1.23. The summed E-state index contributed by atoms with van der Waals surface area (Å²) in [5.41, 5.74) is 5.17. The largest absolute Gasteiger partial charge is 0.493 e. The molecule has 0 saturated carbocycles. The minimum Gasteiger partial charge on any atom is -0.493 e. The molecule has 3 aromatic heterocycles. The first kappa shape index (κ1) is 23.7. The maximum atomic E-state index is 13.7. The van der Waals surface area contributed by atoms with Crippen LogP contribution in [0.1, 0.15) is 33.1 Å². The van der Waals surface area contributed by atoms with E-state index in [1.807, 2.05) is 42.3 Å². The summed E-state index contributed by atoms with van der Waals surface area (Å²) < 4.78 is 12.8. The number of hydrogen-bond donors (Lipinski definition) is 1. The number of aryl methyl sites for hydroxylation is 1. The second-order valence-corrected chi connectivity index (χ2v) is 7.85. The number of pyridine rings is 2. The van der Waals surface area contributed by atoms with Crippen LogP contribution in [-0.4, -0.2) is 62.9 Å². The van der Waals surface area contributed by atoms with Gasteiger partial charge in [0.05, 0.1) is 37.5 Å². The molecule has 4 heterocycles. The highest BCUT2D eigenvalue weighted by Crippen LogP contribution is 2.41. The number of hydrogen-bond acceptors (Lipinski definition) is 7. The van der Waals surface area contributed by atoms with Gasteiger partial charge in [-0.05, 0) is 47.4 Å². The van der Waals surface area contributed by atoms with Gasteiger partial charge in [0.1, 0.15) is 5.52 Å². The fourth-order valence-corrected chi connectivity index (χ4v) is 4.37. The zero-order chi connectivity index (χ0) is 24.9. The zero-order valence-electron chi connectivity index (χ0n) is 19.6. The maximum absolute atomic E-state index is 13.7. The van der Waals surface area contributed by atoms with Gasteiger partial charge in [-0.3, -0.25) is 24.2 Å². The van der Waals surface area contributed by atoms with Gasteiger partial charge >= 0.3 is 0 Å². The molecule has 0 spiro atoms. The molecule has 0 aliphatic carbocycles. The van der Waals surface area contributed by atoms with Gasteiger partial charge in [0.2, 0.25) is 0 Å². The van der Waals surface area contributed by atoms with E-state index in [2.05, 4.69) is 15.1 Å². The average molecular weight is 476 g/mol. The molecule has 1 aliphatic heterocycles. The van der Waals surface area contributed by atoms with Gasteiger partial charge in [0.25, 0.3) is 12.4 Å². The summed E-state index contributed by atoms with van der Waals surface area (Å²) in [6.45, 7) is 0.310. The number of carbonyl (C=O) groups excluding carboxylic acids is 1. The van der Waals surface area contributed by atoms with E-state index in [0.717, 1.165) is 27.7 Å². The fraction of sp³-hybridized carbons (Fsp3) is 0.240. The summed E-state index contributed by atoms with van der Waals surface area (Å²) in [4.78, 5) is 32.7. The second kappa shape index (κ2) is 10.2.